The fourth-order valence-corrected chi connectivity index (χ4v) is 2.52. The second-order valence-electron chi connectivity index (χ2n) is 5.71. The van der Waals surface area contributed by atoms with Gasteiger partial charge in [0.25, 0.3) is 0 Å². The Morgan fingerprint density at radius 3 is 2.79 bits per heavy atom. The molecule has 1 heterocycles. The molecule has 3 nitrogen and oxygen atoms in total. The van der Waals surface area contributed by atoms with Crippen LogP contribution in [0.1, 0.15) is 45.9 Å². The van der Waals surface area contributed by atoms with Crippen molar-refractivity contribution in [3.63, 3.8) is 0 Å². The van der Waals surface area contributed by atoms with Crippen LogP contribution in [0.15, 0.2) is 18.2 Å². The van der Waals surface area contributed by atoms with E-state index in [-0.39, 0.29) is 0 Å². The minimum Gasteiger partial charge on any atom is -0.399 e. The Labute approximate surface area is 115 Å². The van der Waals surface area contributed by atoms with Crippen molar-refractivity contribution in [1.29, 1.82) is 0 Å². The fourth-order valence-electron chi connectivity index (χ4n) is 2.52. The van der Waals surface area contributed by atoms with Crippen LogP contribution in [0.3, 0.4) is 0 Å². The van der Waals surface area contributed by atoms with Crippen LogP contribution >= 0.6 is 0 Å². The van der Waals surface area contributed by atoms with E-state index in [4.69, 9.17) is 10.7 Å². The van der Waals surface area contributed by atoms with Gasteiger partial charge < -0.3 is 10.3 Å². The Hall–Kier alpha value is -1.51. The number of nitrogen functional groups attached to an aromatic ring is 1. The number of aryl methyl sites for hydroxylation is 2. The molecule has 0 saturated heterocycles. The van der Waals surface area contributed by atoms with Crippen molar-refractivity contribution >= 4 is 16.7 Å². The van der Waals surface area contributed by atoms with Crippen molar-refractivity contribution in [3.05, 3.63) is 24.0 Å². The largest absolute Gasteiger partial charge is 0.399 e. The predicted octanol–water partition coefficient (Wildman–Crippen LogP) is 4.01. The van der Waals surface area contributed by atoms with Crippen molar-refractivity contribution in [1.82, 2.24) is 9.55 Å². The van der Waals surface area contributed by atoms with E-state index in [0.717, 1.165) is 36.5 Å². The Morgan fingerprint density at radius 1 is 1.32 bits per heavy atom. The summed E-state index contributed by atoms with van der Waals surface area (Å²) < 4.78 is 2.38. The molecular weight excluding hydrogens is 234 g/mol. The van der Waals surface area contributed by atoms with Crippen molar-refractivity contribution in [3.8, 4) is 0 Å². The van der Waals surface area contributed by atoms with Crippen LogP contribution in [-0.2, 0) is 13.0 Å². The maximum Gasteiger partial charge on any atom is 0.109 e. The highest BCUT2D eigenvalue weighted by Crippen LogP contribution is 2.21. The lowest BCUT2D eigenvalue weighted by Gasteiger charge is -2.10. The molecule has 0 radical (unpaired) electrons. The third-order valence-corrected chi connectivity index (χ3v) is 3.49. The van der Waals surface area contributed by atoms with E-state index in [1.165, 1.54) is 24.2 Å². The molecule has 2 N–H and O–H groups in total. The minimum atomic E-state index is 0.764. The van der Waals surface area contributed by atoms with Crippen LogP contribution in [0, 0.1) is 5.92 Å². The van der Waals surface area contributed by atoms with Gasteiger partial charge in [-0.1, -0.05) is 20.8 Å². The molecule has 19 heavy (non-hydrogen) atoms. The van der Waals surface area contributed by atoms with E-state index in [9.17, 15) is 0 Å². The third kappa shape index (κ3) is 3.28. The minimum absolute atomic E-state index is 0.764. The number of hydrogen-bond donors (Lipinski definition) is 1. The molecule has 3 heteroatoms. The summed E-state index contributed by atoms with van der Waals surface area (Å²) in [7, 11) is 0. The quantitative estimate of drug-likeness (QED) is 0.797. The summed E-state index contributed by atoms with van der Waals surface area (Å²) in [5, 5.41) is 0. The summed E-state index contributed by atoms with van der Waals surface area (Å²) in [6, 6.07) is 6.05. The third-order valence-electron chi connectivity index (χ3n) is 3.49. The standard InChI is InChI=1S/C16H25N3/c1-4-6-16-18-14-11-13(17)8-9-15(14)19(16)10-5-7-12(2)3/h8-9,11-12H,4-7,10,17H2,1-3H3. The van der Waals surface area contributed by atoms with Crippen LogP contribution < -0.4 is 5.73 Å². The second kappa shape index (κ2) is 6.09. The molecule has 104 valence electrons. The highest BCUT2D eigenvalue weighted by Gasteiger charge is 2.10. The molecule has 1 aromatic heterocycles. The maximum absolute atomic E-state index is 5.85. The molecule has 2 rings (SSSR count). The van der Waals surface area contributed by atoms with Gasteiger partial charge in [0.2, 0.25) is 0 Å². The zero-order valence-electron chi connectivity index (χ0n) is 12.3. The molecule has 0 bridgehead atoms. The number of anilines is 1. The average Bonchev–Trinajstić information content (AvgIpc) is 2.66. The first-order chi connectivity index (χ1) is 9.11. The highest BCUT2D eigenvalue weighted by molar-refractivity contribution is 5.79. The van der Waals surface area contributed by atoms with Crippen LogP contribution in [-0.4, -0.2) is 9.55 Å². The molecular formula is C16H25N3. The molecule has 0 aliphatic heterocycles. The summed E-state index contributed by atoms with van der Waals surface area (Å²) >= 11 is 0. The summed E-state index contributed by atoms with van der Waals surface area (Å²) in [6.45, 7) is 7.82. The zero-order valence-corrected chi connectivity index (χ0v) is 12.3. The van der Waals surface area contributed by atoms with Gasteiger partial charge in [-0.3, -0.25) is 0 Å². The van der Waals surface area contributed by atoms with E-state index in [2.05, 4.69) is 31.4 Å². The highest BCUT2D eigenvalue weighted by atomic mass is 15.1. The Kier molecular flexibility index (Phi) is 4.46. The molecule has 0 spiro atoms. The lowest BCUT2D eigenvalue weighted by Crippen LogP contribution is -2.05. The summed E-state index contributed by atoms with van der Waals surface area (Å²) in [4.78, 5) is 4.74. The number of aromatic nitrogens is 2. The molecule has 0 amide bonds. The van der Waals surface area contributed by atoms with Gasteiger partial charge in [0.05, 0.1) is 11.0 Å². The lowest BCUT2D eigenvalue weighted by atomic mass is 10.1. The van der Waals surface area contributed by atoms with Crippen molar-refractivity contribution in [2.24, 2.45) is 5.92 Å². The number of fused-ring (bicyclic) bond motifs is 1. The number of rotatable bonds is 6. The van der Waals surface area contributed by atoms with Crippen LogP contribution in [0.25, 0.3) is 11.0 Å². The Bertz CT molecular complexity index is 540. The molecule has 0 aliphatic carbocycles. The fraction of sp³-hybridized carbons (Fsp3) is 0.562. The SMILES string of the molecule is CCCc1nc2cc(N)ccc2n1CCCC(C)C. The van der Waals surface area contributed by atoms with Crippen molar-refractivity contribution in [2.75, 3.05) is 5.73 Å². The van der Waals surface area contributed by atoms with Gasteiger partial charge in [-0.2, -0.15) is 0 Å². The van der Waals surface area contributed by atoms with Gasteiger partial charge in [0.15, 0.2) is 0 Å². The average molecular weight is 259 g/mol. The number of hydrogen-bond acceptors (Lipinski definition) is 2. The summed E-state index contributed by atoms with van der Waals surface area (Å²) in [6.07, 6.45) is 4.64. The second-order valence-corrected chi connectivity index (χ2v) is 5.71. The van der Waals surface area contributed by atoms with Crippen molar-refractivity contribution < 1.29 is 0 Å². The first kappa shape index (κ1) is 13.9. The van der Waals surface area contributed by atoms with Crippen LogP contribution in [0.5, 0.6) is 0 Å². The molecule has 0 atom stereocenters. The van der Waals surface area contributed by atoms with E-state index >= 15 is 0 Å². The van der Waals surface area contributed by atoms with E-state index in [1.807, 2.05) is 12.1 Å². The Balaban J connectivity index is 2.29. The smallest absolute Gasteiger partial charge is 0.109 e. The zero-order chi connectivity index (χ0) is 13.8. The van der Waals surface area contributed by atoms with E-state index in [1.54, 1.807) is 0 Å². The van der Waals surface area contributed by atoms with E-state index < -0.39 is 0 Å². The first-order valence-electron chi connectivity index (χ1n) is 7.36. The lowest BCUT2D eigenvalue weighted by molar-refractivity contribution is 0.508. The van der Waals surface area contributed by atoms with Gasteiger partial charge >= 0.3 is 0 Å². The van der Waals surface area contributed by atoms with Gasteiger partial charge in [-0.05, 0) is 43.4 Å². The summed E-state index contributed by atoms with van der Waals surface area (Å²) in [5.74, 6) is 1.96. The van der Waals surface area contributed by atoms with Crippen LogP contribution in [0.2, 0.25) is 0 Å². The molecule has 0 aliphatic rings. The molecule has 0 unspecified atom stereocenters. The van der Waals surface area contributed by atoms with E-state index in [0.29, 0.717) is 0 Å². The number of imidazole rings is 1. The number of benzene rings is 1. The van der Waals surface area contributed by atoms with Crippen LogP contribution in [0.4, 0.5) is 5.69 Å². The van der Waals surface area contributed by atoms with Gasteiger partial charge in [-0.15, -0.1) is 0 Å². The number of nitrogens with two attached hydrogens (primary N) is 1. The topological polar surface area (TPSA) is 43.8 Å². The molecule has 1 aromatic carbocycles. The van der Waals surface area contributed by atoms with Gasteiger partial charge in [-0.25, -0.2) is 4.98 Å². The van der Waals surface area contributed by atoms with Gasteiger partial charge in [0, 0.05) is 18.7 Å². The predicted molar refractivity (Wildman–Crippen MR) is 82.2 cm³/mol. The molecule has 0 saturated carbocycles. The summed E-state index contributed by atoms with van der Waals surface area (Å²) in [5.41, 5.74) is 8.90. The first-order valence-corrected chi connectivity index (χ1v) is 7.36. The number of nitrogens with zero attached hydrogens (tertiary/aromatic N) is 2. The van der Waals surface area contributed by atoms with Crippen molar-refractivity contribution in [2.45, 2.75) is 53.0 Å². The molecule has 2 aromatic rings. The normalized spacial score (nSPS) is 11.6. The Morgan fingerprint density at radius 2 is 2.11 bits per heavy atom. The monoisotopic (exact) mass is 259 g/mol. The van der Waals surface area contributed by atoms with Gasteiger partial charge in [0.1, 0.15) is 5.82 Å². The maximum atomic E-state index is 5.85. The molecule has 0 fully saturated rings.